The number of carbonyl (C=O) groups is 2. The van der Waals surface area contributed by atoms with Crippen LogP contribution in [0.1, 0.15) is 47.5 Å². The zero-order valence-electron chi connectivity index (χ0n) is 21.9. The number of nitrogens with one attached hydrogen (secondary N) is 1. The highest BCUT2D eigenvalue weighted by Gasteiger charge is 2.37. The highest BCUT2D eigenvalue weighted by Crippen LogP contribution is 2.45. The van der Waals surface area contributed by atoms with Crippen molar-refractivity contribution < 1.29 is 37.2 Å². The van der Waals surface area contributed by atoms with E-state index in [0.717, 1.165) is 0 Å². The Balaban J connectivity index is 2.85. The van der Waals surface area contributed by atoms with Gasteiger partial charge in [0.1, 0.15) is 6.23 Å². The van der Waals surface area contributed by atoms with Crippen molar-refractivity contribution in [2.24, 2.45) is 16.7 Å². The third-order valence-electron chi connectivity index (χ3n) is 5.46. The van der Waals surface area contributed by atoms with Crippen LogP contribution in [0.4, 0.5) is 0 Å². The summed E-state index contributed by atoms with van der Waals surface area (Å²) in [6.45, 7) is 8.48. The standard InChI is InChI=1S/C20H42N6O8P2/c1-7-17(34-19(8-2)26(16(5)27)9-14(3)20(21)28)12-32-36(23,30)25-10-15(4)33-18(11-25)13-31-35(22,29)24-6/h9,15,17-19H,7-8,10-13H2,1-6H3,(H2,21,28)(H2,23,30)(H3,22,24,29)/b14-9-. The van der Waals surface area contributed by atoms with E-state index in [1.165, 1.54) is 36.7 Å². The Labute approximate surface area is 213 Å². The quantitative estimate of drug-likeness (QED) is 0.128. The summed E-state index contributed by atoms with van der Waals surface area (Å²) in [7, 11) is -5.80. The Kier molecular flexibility index (Phi) is 13.4. The number of carbonyl (C=O) groups excluding carboxylic acids is 2. The van der Waals surface area contributed by atoms with E-state index < -0.39 is 39.7 Å². The molecule has 1 saturated heterocycles. The van der Waals surface area contributed by atoms with Gasteiger partial charge >= 0.3 is 15.3 Å². The lowest BCUT2D eigenvalue weighted by atomic mass is 10.2. The fraction of sp³-hybridized carbons (Fsp3) is 0.800. The van der Waals surface area contributed by atoms with Crippen molar-refractivity contribution in [3.8, 4) is 0 Å². The van der Waals surface area contributed by atoms with E-state index in [0.29, 0.717) is 12.8 Å². The SMILES string of the molecule is CCC(COP(N)(=O)N1CC(C)OC(COP(N)(=O)NC)C1)OC(CC)N(/C=C(/C)C(N)=O)C(C)=O. The molecular formula is C20H42N6O8P2. The van der Waals surface area contributed by atoms with Gasteiger partial charge in [0.15, 0.2) is 0 Å². The smallest absolute Gasteiger partial charge is 0.341 e. The minimum absolute atomic E-state index is 0.0898. The van der Waals surface area contributed by atoms with Gasteiger partial charge in [-0.3, -0.25) is 23.6 Å². The second-order valence-corrected chi connectivity index (χ2v) is 12.4. The molecule has 6 unspecified atom stereocenters. The Morgan fingerprint density at radius 1 is 1.19 bits per heavy atom. The zero-order chi connectivity index (χ0) is 27.7. The number of primary amides is 1. The molecule has 36 heavy (non-hydrogen) atoms. The van der Waals surface area contributed by atoms with Gasteiger partial charge in [0, 0.05) is 31.8 Å². The molecule has 14 nitrogen and oxygen atoms in total. The average Bonchev–Trinajstić information content (AvgIpc) is 2.81. The molecule has 0 saturated carbocycles. The molecule has 6 atom stereocenters. The van der Waals surface area contributed by atoms with Crippen LogP contribution in [0.15, 0.2) is 11.8 Å². The largest absolute Gasteiger partial charge is 0.370 e. The molecule has 1 aliphatic heterocycles. The lowest BCUT2D eigenvalue weighted by molar-refractivity contribution is -0.146. The first-order valence-electron chi connectivity index (χ1n) is 11.7. The Morgan fingerprint density at radius 3 is 2.33 bits per heavy atom. The fourth-order valence-corrected chi connectivity index (χ4v) is 5.28. The van der Waals surface area contributed by atoms with Gasteiger partial charge in [-0.25, -0.2) is 20.8 Å². The van der Waals surface area contributed by atoms with E-state index in [1.807, 2.05) is 13.8 Å². The van der Waals surface area contributed by atoms with Crippen molar-refractivity contribution in [3.63, 3.8) is 0 Å². The Morgan fingerprint density at radius 2 is 1.83 bits per heavy atom. The van der Waals surface area contributed by atoms with Gasteiger partial charge in [-0.1, -0.05) is 13.8 Å². The van der Waals surface area contributed by atoms with Crippen LogP contribution in [-0.4, -0.2) is 79.3 Å². The molecule has 0 spiro atoms. The maximum atomic E-state index is 13.3. The second kappa shape index (κ2) is 14.7. The molecule has 210 valence electrons. The normalized spacial score (nSPS) is 24.4. The van der Waals surface area contributed by atoms with E-state index in [1.54, 1.807) is 6.92 Å². The van der Waals surface area contributed by atoms with Gasteiger partial charge in [0.05, 0.1) is 31.5 Å². The van der Waals surface area contributed by atoms with E-state index in [9.17, 15) is 18.7 Å². The summed E-state index contributed by atoms with van der Waals surface area (Å²) in [6, 6.07) is 0. The number of ether oxygens (including phenoxy) is 2. The Bertz CT molecular complexity index is 875. The molecule has 2 amide bonds. The predicted octanol–water partition coefficient (Wildman–Crippen LogP) is 1.23. The lowest BCUT2D eigenvalue weighted by Gasteiger charge is -2.39. The van der Waals surface area contributed by atoms with Crippen LogP contribution in [0.2, 0.25) is 0 Å². The summed E-state index contributed by atoms with van der Waals surface area (Å²) in [6.07, 6.45) is 0.0782. The highest BCUT2D eigenvalue weighted by atomic mass is 31.2. The van der Waals surface area contributed by atoms with Gasteiger partial charge in [0.2, 0.25) is 11.8 Å². The van der Waals surface area contributed by atoms with Crippen LogP contribution in [0.3, 0.4) is 0 Å². The van der Waals surface area contributed by atoms with Gasteiger partial charge in [-0.05, 0) is 33.7 Å². The first-order valence-corrected chi connectivity index (χ1v) is 15.1. The van der Waals surface area contributed by atoms with Crippen molar-refractivity contribution in [2.75, 3.05) is 33.4 Å². The van der Waals surface area contributed by atoms with Gasteiger partial charge < -0.3 is 24.3 Å². The van der Waals surface area contributed by atoms with Crippen LogP contribution in [-0.2, 0) is 37.2 Å². The molecule has 1 fully saturated rings. The van der Waals surface area contributed by atoms with Crippen molar-refractivity contribution >= 4 is 27.2 Å². The molecular weight excluding hydrogens is 514 g/mol. The van der Waals surface area contributed by atoms with Crippen molar-refractivity contribution in [1.29, 1.82) is 0 Å². The number of nitrogens with two attached hydrogens (primary N) is 3. The topological polar surface area (TPSA) is 202 Å². The molecule has 1 rings (SSSR count). The Hall–Kier alpha value is -1.18. The maximum absolute atomic E-state index is 13.3. The molecule has 16 heteroatoms. The van der Waals surface area contributed by atoms with Gasteiger partial charge in [0.25, 0.3) is 0 Å². The van der Waals surface area contributed by atoms with E-state index in [4.69, 9.17) is 35.3 Å². The summed E-state index contributed by atoms with van der Waals surface area (Å²) >= 11 is 0. The molecule has 0 bridgehead atoms. The molecule has 0 aromatic carbocycles. The van der Waals surface area contributed by atoms with Crippen molar-refractivity contribution in [3.05, 3.63) is 11.8 Å². The summed E-state index contributed by atoms with van der Waals surface area (Å²) in [5.74, 6) is -0.988. The summed E-state index contributed by atoms with van der Waals surface area (Å²) in [5, 5.41) is 2.40. The number of rotatable bonds is 15. The minimum atomic E-state index is -3.76. The average molecular weight is 557 g/mol. The minimum Gasteiger partial charge on any atom is -0.370 e. The predicted molar refractivity (Wildman–Crippen MR) is 135 cm³/mol. The molecule has 1 aliphatic rings. The van der Waals surface area contributed by atoms with Crippen LogP contribution < -0.4 is 21.8 Å². The fourth-order valence-electron chi connectivity index (χ4n) is 3.35. The molecule has 0 aliphatic carbocycles. The second-order valence-electron chi connectivity index (χ2n) is 8.55. The van der Waals surface area contributed by atoms with Gasteiger partial charge in [-0.15, -0.1) is 0 Å². The van der Waals surface area contributed by atoms with Crippen molar-refractivity contribution in [2.45, 2.75) is 72.0 Å². The number of amides is 2. The van der Waals surface area contributed by atoms with E-state index in [2.05, 4.69) is 5.09 Å². The monoisotopic (exact) mass is 556 g/mol. The lowest BCUT2D eigenvalue weighted by Crippen LogP contribution is -2.48. The van der Waals surface area contributed by atoms with Crippen LogP contribution in [0.25, 0.3) is 0 Å². The third kappa shape index (κ3) is 10.7. The van der Waals surface area contributed by atoms with Gasteiger partial charge in [-0.2, -0.15) is 0 Å². The van der Waals surface area contributed by atoms with Crippen LogP contribution >= 0.6 is 15.3 Å². The first-order chi connectivity index (χ1) is 16.7. The van der Waals surface area contributed by atoms with Crippen LogP contribution in [0, 0.1) is 0 Å². The van der Waals surface area contributed by atoms with Crippen molar-refractivity contribution in [1.82, 2.24) is 14.7 Å². The summed E-state index contributed by atoms with van der Waals surface area (Å²) in [5.41, 5.74) is 17.1. The van der Waals surface area contributed by atoms with Crippen LogP contribution in [0.5, 0.6) is 0 Å². The highest BCUT2D eigenvalue weighted by molar-refractivity contribution is 7.54. The molecule has 0 radical (unpaired) electrons. The summed E-state index contributed by atoms with van der Waals surface area (Å²) < 4.78 is 49.3. The first kappa shape index (κ1) is 32.8. The number of morpholine rings is 1. The molecule has 1 heterocycles. The van der Waals surface area contributed by atoms with E-state index >= 15 is 0 Å². The number of hydrogen-bond acceptors (Lipinski definition) is 8. The third-order valence-corrected chi connectivity index (χ3v) is 8.25. The molecule has 7 N–H and O–H groups in total. The summed E-state index contributed by atoms with van der Waals surface area (Å²) in [4.78, 5) is 24.9. The number of nitrogens with zero attached hydrogens (tertiary/aromatic N) is 2. The molecule has 0 aromatic rings. The maximum Gasteiger partial charge on any atom is 0.341 e. The number of hydrogen-bond donors (Lipinski definition) is 4. The zero-order valence-corrected chi connectivity index (χ0v) is 23.7. The van der Waals surface area contributed by atoms with E-state index in [-0.39, 0.29) is 43.9 Å². The molecule has 0 aromatic heterocycles.